The summed E-state index contributed by atoms with van der Waals surface area (Å²) >= 11 is 1.40. The van der Waals surface area contributed by atoms with Gasteiger partial charge in [-0.05, 0) is 58.4 Å². The molecule has 6 nitrogen and oxygen atoms in total. The van der Waals surface area contributed by atoms with E-state index in [9.17, 15) is 19.5 Å². The Morgan fingerprint density at radius 2 is 1.81 bits per heavy atom. The van der Waals surface area contributed by atoms with E-state index in [1.807, 2.05) is 13.8 Å². The lowest BCUT2D eigenvalue weighted by Gasteiger charge is -2.32. The molecule has 0 saturated carbocycles. The van der Waals surface area contributed by atoms with Crippen molar-refractivity contribution in [2.75, 3.05) is 11.9 Å². The number of carboxylic acids is 1. The van der Waals surface area contributed by atoms with Crippen LogP contribution in [0.5, 0.6) is 0 Å². The number of aliphatic carboxylic acids is 1. The fourth-order valence-electron chi connectivity index (χ4n) is 3.93. The number of aryl methyl sites for hydroxylation is 1. The summed E-state index contributed by atoms with van der Waals surface area (Å²) in [4.78, 5) is 38.0. The van der Waals surface area contributed by atoms with Gasteiger partial charge in [-0.15, -0.1) is 11.3 Å². The SMILES string of the molecule is CCOC(=O)c1c(NC(=O)C2CC(C)=C(C)CC2C(=O)[O-])sc2c1CCC2. The van der Waals surface area contributed by atoms with Crippen LogP contribution in [0.4, 0.5) is 5.00 Å². The molecule has 0 saturated heterocycles. The molecule has 2 unspecified atom stereocenters. The van der Waals surface area contributed by atoms with Crippen molar-refractivity contribution in [1.29, 1.82) is 0 Å². The number of anilines is 1. The highest BCUT2D eigenvalue weighted by Crippen LogP contribution is 2.41. The minimum atomic E-state index is -1.21. The molecule has 3 rings (SSSR count). The molecule has 1 heterocycles. The lowest BCUT2D eigenvalue weighted by Crippen LogP contribution is -2.42. The normalized spacial score (nSPS) is 21.7. The lowest BCUT2D eigenvalue weighted by atomic mass is 9.76. The fourth-order valence-corrected chi connectivity index (χ4v) is 5.21. The van der Waals surface area contributed by atoms with Gasteiger partial charge in [-0.1, -0.05) is 11.1 Å². The molecule has 0 aliphatic heterocycles. The number of hydrogen-bond donors (Lipinski definition) is 1. The van der Waals surface area contributed by atoms with Crippen LogP contribution in [-0.4, -0.2) is 24.5 Å². The molecule has 2 atom stereocenters. The first-order chi connectivity index (χ1) is 12.8. The number of rotatable bonds is 5. The van der Waals surface area contributed by atoms with Crippen LogP contribution in [0.25, 0.3) is 0 Å². The lowest BCUT2D eigenvalue weighted by molar-refractivity contribution is -0.313. The molecule has 1 amide bonds. The van der Waals surface area contributed by atoms with Gasteiger partial charge in [0.15, 0.2) is 0 Å². The van der Waals surface area contributed by atoms with E-state index >= 15 is 0 Å². The molecule has 0 spiro atoms. The van der Waals surface area contributed by atoms with Gasteiger partial charge >= 0.3 is 5.97 Å². The Hall–Kier alpha value is -2.15. The first-order valence-corrected chi connectivity index (χ1v) is 10.1. The Morgan fingerprint density at radius 1 is 1.15 bits per heavy atom. The molecule has 1 aromatic rings. The van der Waals surface area contributed by atoms with Gasteiger partial charge in [-0.3, -0.25) is 4.79 Å². The van der Waals surface area contributed by atoms with Gasteiger partial charge in [0.05, 0.1) is 18.1 Å². The Morgan fingerprint density at radius 3 is 2.44 bits per heavy atom. The number of ether oxygens (including phenoxy) is 1. The van der Waals surface area contributed by atoms with Gasteiger partial charge < -0.3 is 20.0 Å². The Bertz CT molecular complexity index is 823. The average molecular weight is 390 g/mol. The van der Waals surface area contributed by atoms with E-state index in [2.05, 4.69) is 5.32 Å². The second kappa shape index (κ2) is 7.84. The number of nitrogens with one attached hydrogen (secondary N) is 1. The molecule has 0 radical (unpaired) electrons. The van der Waals surface area contributed by atoms with Gasteiger partial charge in [0.2, 0.25) is 5.91 Å². The summed E-state index contributed by atoms with van der Waals surface area (Å²) in [5, 5.41) is 14.9. The standard InChI is InChI=1S/C20H25NO5S/c1-4-26-20(25)16-12-6-5-7-15(12)27-18(16)21-17(22)13-8-10(2)11(3)9-14(13)19(23)24/h13-14H,4-9H2,1-3H3,(H,21,22)(H,23,24)/p-1. The highest BCUT2D eigenvalue weighted by Gasteiger charge is 2.35. The summed E-state index contributed by atoms with van der Waals surface area (Å²) in [6, 6.07) is 0. The third kappa shape index (κ3) is 3.78. The largest absolute Gasteiger partial charge is 0.550 e. The van der Waals surface area contributed by atoms with Gasteiger partial charge in [0.1, 0.15) is 5.00 Å². The van der Waals surface area contributed by atoms with E-state index in [0.717, 1.165) is 40.8 Å². The molecular weight excluding hydrogens is 366 g/mol. The maximum atomic E-state index is 12.9. The predicted octanol–water partition coefficient (Wildman–Crippen LogP) is 2.46. The second-order valence-corrected chi connectivity index (χ2v) is 8.38. The third-order valence-electron chi connectivity index (χ3n) is 5.54. The zero-order chi connectivity index (χ0) is 19.7. The summed E-state index contributed by atoms with van der Waals surface area (Å²) in [5.74, 6) is -3.57. The molecule has 146 valence electrons. The van der Waals surface area contributed by atoms with Gasteiger partial charge in [0, 0.05) is 16.8 Å². The number of allylic oxidation sites excluding steroid dienone is 2. The van der Waals surface area contributed by atoms with Crippen LogP contribution in [0.3, 0.4) is 0 Å². The minimum Gasteiger partial charge on any atom is -0.550 e. The monoisotopic (exact) mass is 390 g/mol. The summed E-state index contributed by atoms with van der Waals surface area (Å²) in [7, 11) is 0. The summed E-state index contributed by atoms with van der Waals surface area (Å²) in [6.45, 7) is 5.81. The van der Waals surface area contributed by atoms with Crippen LogP contribution in [0.15, 0.2) is 11.1 Å². The minimum absolute atomic E-state index is 0.259. The van der Waals surface area contributed by atoms with E-state index in [1.54, 1.807) is 6.92 Å². The first-order valence-electron chi connectivity index (χ1n) is 9.32. The molecule has 0 bridgehead atoms. The van der Waals surface area contributed by atoms with E-state index < -0.39 is 23.8 Å². The number of thiophene rings is 1. The molecule has 27 heavy (non-hydrogen) atoms. The van der Waals surface area contributed by atoms with Crippen LogP contribution >= 0.6 is 11.3 Å². The topological polar surface area (TPSA) is 95.5 Å². The van der Waals surface area contributed by atoms with Crippen molar-refractivity contribution in [2.24, 2.45) is 11.8 Å². The van der Waals surface area contributed by atoms with Crippen molar-refractivity contribution < 1.29 is 24.2 Å². The maximum Gasteiger partial charge on any atom is 0.341 e. The molecule has 1 N–H and O–H groups in total. The Balaban J connectivity index is 1.88. The van der Waals surface area contributed by atoms with E-state index in [-0.39, 0.29) is 12.5 Å². The van der Waals surface area contributed by atoms with Crippen LogP contribution in [0.1, 0.15) is 60.8 Å². The van der Waals surface area contributed by atoms with Crippen LogP contribution in [0.2, 0.25) is 0 Å². The number of hydrogen-bond acceptors (Lipinski definition) is 6. The van der Waals surface area contributed by atoms with Crippen LogP contribution in [0, 0.1) is 11.8 Å². The first kappa shape index (κ1) is 19.6. The Kier molecular flexibility index (Phi) is 5.69. The highest BCUT2D eigenvalue weighted by molar-refractivity contribution is 7.17. The van der Waals surface area contributed by atoms with Crippen LogP contribution in [-0.2, 0) is 27.2 Å². The van der Waals surface area contributed by atoms with Gasteiger partial charge in [-0.25, -0.2) is 4.79 Å². The molecule has 2 aliphatic carbocycles. The number of fused-ring (bicyclic) bond motifs is 1. The molecule has 2 aliphatic rings. The zero-order valence-electron chi connectivity index (χ0n) is 15.8. The van der Waals surface area contributed by atoms with Crippen molar-refractivity contribution in [3.8, 4) is 0 Å². The average Bonchev–Trinajstić information content (AvgIpc) is 3.17. The predicted molar refractivity (Wildman–Crippen MR) is 101 cm³/mol. The van der Waals surface area contributed by atoms with Gasteiger partial charge in [-0.2, -0.15) is 0 Å². The molecule has 7 heteroatoms. The fraction of sp³-hybridized carbons (Fsp3) is 0.550. The molecule has 0 fully saturated rings. The van der Waals surface area contributed by atoms with E-state index in [0.29, 0.717) is 23.4 Å². The van der Waals surface area contributed by atoms with Crippen molar-refractivity contribution in [3.63, 3.8) is 0 Å². The van der Waals surface area contributed by atoms with E-state index in [4.69, 9.17) is 4.74 Å². The number of amides is 1. The number of carbonyl (C=O) groups excluding carboxylic acids is 3. The maximum absolute atomic E-state index is 12.9. The quantitative estimate of drug-likeness (QED) is 0.615. The molecular formula is C20H24NO5S-. The zero-order valence-corrected chi connectivity index (χ0v) is 16.7. The number of carboxylic acid groups (broad SMARTS) is 1. The van der Waals surface area contributed by atoms with Crippen molar-refractivity contribution >= 4 is 34.2 Å². The van der Waals surface area contributed by atoms with Crippen molar-refractivity contribution in [3.05, 3.63) is 27.2 Å². The summed E-state index contributed by atoms with van der Waals surface area (Å²) in [6.07, 6.45) is 3.37. The number of esters is 1. The van der Waals surface area contributed by atoms with Crippen molar-refractivity contribution in [1.82, 2.24) is 0 Å². The smallest absolute Gasteiger partial charge is 0.341 e. The highest BCUT2D eigenvalue weighted by atomic mass is 32.1. The number of carbonyl (C=O) groups is 3. The summed E-state index contributed by atoms with van der Waals surface area (Å²) < 4.78 is 5.17. The third-order valence-corrected chi connectivity index (χ3v) is 6.75. The molecule has 1 aromatic heterocycles. The van der Waals surface area contributed by atoms with E-state index in [1.165, 1.54) is 11.3 Å². The summed E-state index contributed by atoms with van der Waals surface area (Å²) in [5.41, 5.74) is 3.43. The molecule has 0 aromatic carbocycles. The Labute approximate surface area is 162 Å². The van der Waals surface area contributed by atoms with Crippen molar-refractivity contribution in [2.45, 2.75) is 52.9 Å². The second-order valence-electron chi connectivity index (χ2n) is 7.27. The van der Waals surface area contributed by atoms with Gasteiger partial charge in [0.25, 0.3) is 0 Å². The van der Waals surface area contributed by atoms with Crippen LogP contribution < -0.4 is 10.4 Å².